The Bertz CT molecular complexity index is 559. The first kappa shape index (κ1) is 12.5. The lowest BCUT2D eigenvalue weighted by atomic mass is 9.94. The zero-order valence-electron chi connectivity index (χ0n) is 10.8. The third-order valence-electron chi connectivity index (χ3n) is 3.26. The van der Waals surface area contributed by atoms with Gasteiger partial charge in [0, 0.05) is 5.56 Å². The zero-order chi connectivity index (χ0) is 13.1. The minimum absolute atomic E-state index is 0.278. The van der Waals surface area contributed by atoms with E-state index in [1.54, 1.807) is 12.1 Å². The molecule has 0 aliphatic carbocycles. The number of rotatable bonds is 3. The van der Waals surface area contributed by atoms with Gasteiger partial charge in [0.15, 0.2) is 0 Å². The average molecular weight is 242 g/mol. The lowest BCUT2D eigenvalue weighted by Crippen LogP contribution is -1.92. The summed E-state index contributed by atoms with van der Waals surface area (Å²) < 4.78 is 0. The highest BCUT2D eigenvalue weighted by Gasteiger charge is 2.11. The highest BCUT2D eigenvalue weighted by molar-refractivity contribution is 5.74. The number of phenols is 2. The largest absolute Gasteiger partial charge is 0.508 e. The number of hydrogen-bond acceptors (Lipinski definition) is 2. The summed E-state index contributed by atoms with van der Waals surface area (Å²) in [7, 11) is 0. The first-order valence-electron chi connectivity index (χ1n) is 6.30. The molecular formula is C16H18O2. The molecule has 0 unspecified atom stereocenters. The maximum absolute atomic E-state index is 9.95. The van der Waals surface area contributed by atoms with Crippen LogP contribution in [0.1, 0.15) is 25.0 Å². The lowest BCUT2D eigenvalue weighted by molar-refractivity contribution is 0.467. The third kappa shape index (κ3) is 2.19. The molecule has 2 aromatic rings. The molecule has 0 aromatic heterocycles. The second kappa shape index (κ2) is 5.13. The number of hydrogen-bond donors (Lipinski definition) is 2. The number of para-hydroxylation sites is 1. The molecule has 0 saturated heterocycles. The Kier molecular flexibility index (Phi) is 3.56. The van der Waals surface area contributed by atoms with Crippen molar-refractivity contribution in [3.05, 3.63) is 47.5 Å². The van der Waals surface area contributed by atoms with Crippen LogP contribution in [0.3, 0.4) is 0 Å². The highest BCUT2D eigenvalue weighted by atomic mass is 16.3. The molecular weight excluding hydrogens is 224 g/mol. The smallest absolute Gasteiger partial charge is 0.123 e. The lowest BCUT2D eigenvalue weighted by Gasteiger charge is -2.13. The Morgan fingerprint density at radius 3 is 2.06 bits per heavy atom. The van der Waals surface area contributed by atoms with Crippen LogP contribution < -0.4 is 0 Å². The van der Waals surface area contributed by atoms with E-state index in [-0.39, 0.29) is 5.75 Å². The molecule has 0 aliphatic rings. The summed E-state index contributed by atoms with van der Waals surface area (Å²) in [5.41, 5.74) is 3.78. The Morgan fingerprint density at radius 2 is 1.44 bits per heavy atom. The summed E-state index contributed by atoms with van der Waals surface area (Å²) in [4.78, 5) is 0. The SMILES string of the molecule is CCc1cc(-c2ccccc2O)c(CC)cc1O. The Morgan fingerprint density at radius 1 is 0.778 bits per heavy atom. The zero-order valence-corrected chi connectivity index (χ0v) is 10.8. The van der Waals surface area contributed by atoms with E-state index in [9.17, 15) is 10.2 Å². The van der Waals surface area contributed by atoms with Crippen molar-refractivity contribution in [2.75, 3.05) is 0 Å². The van der Waals surface area contributed by atoms with E-state index in [0.717, 1.165) is 35.1 Å². The van der Waals surface area contributed by atoms with Crippen LogP contribution in [0.5, 0.6) is 11.5 Å². The fourth-order valence-electron chi connectivity index (χ4n) is 2.20. The summed E-state index contributed by atoms with van der Waals surface area (Å²) in [5, 5.41) is 19.9. The van der Waals surface area contributed by atoms with Gasteiger partial charge in [-0.1, -0.05) is 32.0 Å². The number of benzene rings is 2. The summed E-state index contributed by atoms with van der Waals surface area (Å²) in [6.45, 7) is 4.05. The van der Waals surface area contributed by atoms with Gasteiger partial charge in [-0.25, -0.2) is 0 Å². The Hall–Kier alpha value is -1.96. The minimum atomic E-state index is 0.278. The van der Waals surface area contributed by atoms with Gasteiger partial charge in [0.05, 0.1) is 0 Å². The van der Waals surface area contributed by atoms with Crippen LogP contribution in [0.2, 0.25) is 0 Å². The molecule has 2 nitrogen and oxygen atoms in total. The maximum atomic E-state index is 9.95. The van der Waals surface area contributed by atoms with Crippen molar-refractivity contribution in [2.45, 2.75) is 26.7 Å². The second-order valence-electron chi connectivity index (χ2n) is 4.36. The van der Waals surface area contributed by atoms with Gasteiger partial charge in [-0.05, 0) is 47.7 Å². The predicted molar refractivity (Wildman–Crippen MR) is 74.0 cm³/mol. The maximum Gasteiger partial charge on any atom is 0.123 e. The molecule has 0 saturated carbocycles. The van der Waals surface area contributed by atoms with Gasteiger partial charge in [-0.15, -0.1) is 0 Å². The summed E-state index contributed by atoms with van der Waals surface area (Å²) in [6.07, 6.45) is 1.59. The molecule has 0 spiro atoms. The van der Waals surface area contributed by atoms with Gasteiger partial charge < -0.3 is 10.2 Å². The van der Waals surface area contributed by atoms with Crippen molar-refractivity contribution in [3.8, 4) is 22.6 Å². The van der Waals surface area contributed by atoms with Crippen LogP contribution in [0.15, 0.2) is 36.4 Å². The topological polar surface area (TPSA) is 40.5 Å². The normalized spacial score (nSPS) is 10.6. The summed E-state index contributed by atoms with van der Waals surface area (Å²) in [5.74, 6) is 0.619. The van der Waals surface area contributed by atoms with E-state index in [1.807, 2.05) is 38.1 Å². The molecule has 2 heteroatoms. The molecule has 0 fully saturated rings. The molecule has 2 N–H and O–H groups in total. The molecule has 0 bridgehead atoms. The first-order valence-corrected chi connectivity index (χ1v) is 6.30. The van der Waals surface area contributed by atoms with Crippen LogP contribution in [-0.4, -0.2) is 10.2 Å². The molecule has 0 atom stereocenters. The van der Waals surface area contributed by atoms with E-state index in [2.05, 4.69) is 0 Å². The summed E-state index contributed by atoms with van der Waals surface area (Å²) in [6, 6.07) is 11.1. The van der Waals surface area contributed by atoms with Crippen LogP contribution in [-0.2, 0) is 12.8 Å². The standard InChI is InChI=1S/C16H18O2/c1-3-11-10-16(18)12(4-2)9-14(11)13-7-5-6-8-15(13)17/h5-10,17-18H,3-4H2,1-2H3. The molecule has 0 radical (unpaired) electrons. The van der Waals surface area contributed by atoms with Crippen LogP contribution in [0, 0.1) is 0 Å². The van der Waals surface area contributed by atoms with Gasteiger partial charge >= 0.3 is 0 Å². The van der Waals surface area contributed by atoms with Crippen molar-refractivity contribution >= 4 is 0 Å². The van der Waals surface area contributed by atoms with E-state index < -0.39 is 0 Å². The fraction of sp³-hybridized carbons (Fsp3) is 0.250. The van der Waals surface area contributed by atoms with E-state index >= 15 is 0 Å². The molecule has 0 aliphatic heterocycles. The molecule has 18 heavy (non-hydrogen) atoms. The van der Waals surface area contributed by atoms with Gasteiger partial charge in [0.1, 0.15) is 11.5 Å². The van der Waals surface area contributed by atoms with Crippen molar-refractivity contribution < 1.29 is 10.2 Å². The molecule has 94 valence electrons. The van der Waals surface area contributed by atoms with E-state index in [0.29, 0.717) is 5.75 Å². The fourth-order valence-corrected chi connectivity index (χ4v) is 2.20. The van der Waals surface area contributed by atoms with Crippen LogP contribution in [0.4, 0.5) is 0 Å². The van der Waals surface area contributed by atoms with E-state index in [4.69, 9.17) is 0 Å². The van der Waals surface area contributed by atoms with Crippen LogP contribution >= 0.6 is 0 Å². The molecule has 0 amide bonds. The highest BCUT2D eigenvalue weighted by Crippen LogP contribution is 2.35. The van der Waals surface area contributed by atoms with Crippen molar-refractivity contribution in [3.63, 3.8) is 0 Å². The van der Waals surface area contributed by atoms with Gasteiger partial charge in [-0.2, -0.15) is 0 Å². The summed E-state index contributed by atoms with van der Waals surface area (Å²) >= 11 is 0. The number of aryl methyl sites for hydroxylation is 2. The van der Waals surface area contributed by atoms with Gasteiger partial charge in [0.25, 0.3) is 0 Å². The number of phenolic OH excluding ortho intramolecular Hbond substituents is 2. The van der Waals surface area contributed by atoms with Crippen molar-refractivity contribution in [2.24, 2.45) is 0 Å². The molecule has 2 aromatic carbocycles. The Balaban J connectivity index is 2.66. The number of aromatic hydroxyl groups is 2. The molecule has 2 rings (SSSR count). The van der Waals surface area contributed by atoms with Gasteiger partial charge in [0.2, 0.25) is 0 Å². The van der Waals surface area contributed by atoms with Crippen molar-refractivity contribution in [1.82, 2.24) is 0 Å². The first-order chi connectivity index (χ1) is 8.67. The second-order valence-corrected chi connectivity index (χ2v) is 4.36. The predicted octanol–water partition coefficient (Wildman–Crippen LogP) is 3.89. The Labute approximate surface area is 108 Å². The monoisotopic (exact) mass is 242 g/mol. The van der Waals surface area contributed by atoms with Crippen molar-refractivity contribution in [1.29, 1.82) is 0 Å². The van der Waals surface area contributed by atoms with Gasteiger partial charge in [-0.3, -0.25) is 0 Å². The quantitative estimate of drug-likeness (QED) is 0.857. The minimum Gasteiger partial charge on any atom is -0.508 e. The van der Waals surface area contributed by atoms with E-state index in [1.165, 1.54) is 0 Å². The average Bonchev–Trinajstić information content (AvgIpc) is 2.39. The molecule has 0 heterocycles. The van der Waals surface area contributed by atoms with Crippen LogP contribution in [0.25, 0.3) is 11.1 Å². The third-order valence-corrected chi connectivity index (χ3v) is 3.26.